The number of aromatic nitrogens is 3. The van der Waals surface area contributed by atoms with Crippen molar-refractivity contribution in [2.45, 2.75) is 115 Å². The van der Waals surface area contributed by atoms with E-state index in [0.717, 1.165) is 17.0 Å². The predicted molar refractivity (Wildman–Crippen MR) is 201 cm³/mol. The van der Waals surface area contributed by atoms with Gasteiger partial charge in [0.25, 0.3) is 5.91 Å². The fourth-order valence-electron chi connectivity index (χ4n) is 3.82. The molecule has 0 atom stereocenters. The molecule has 3 rings (SSSR count). The first-order valence-electron chi connectivity index (χ1n) is 16.4. The summed E-state index contributed by atoms with van der Waals surface area (Å²) in [5, 5.41) is 2.34. The van der Waals surface area contributed by atoms with E-state index in [9.17, 15) is 24.0 Å². The molecule has 3 amide bonds. The third-order valence-corrected chi connectivity index (χ3v) is 6.12. The molecule has 1 saturated heterocycles. The summed E-state index contributed by atoms with van der Waals surface area (Å²) in [7, 11) is 1.53. The molecule has 1 fully saturated rings. The Morgan fingerprint density at radius 1 is 0.865 bits per heavy atom. The predicted octanol–water partition coefficient (Wildman–Crippen LogP) is 5.76. The van der Waals surface area contributed by atoms with Crippen LogP contribution in [0, 0.1) is 20.8 Å². The summed E-state index contributed by atoms with van der Waals surface area (Å²) in [6, 6.07) is 1.87. The lowest BCUT2D eigenvalue weighted by Crippen LogP contribution is -2.50. The van der Waals surface area contributed by atoms with E-state index < -0.39 is 6.09 Å². The topological polar surface area (TPSA) is 182 Å². The molecule has 16 heteroatoms. The van der Waals surface area contributed by atoms with Crippen molar-refractivity contribution in [1.29, 1.82) is 0 Å². The normalized spacial score (nSPS) is 11.8. The average molecular weight is 732 g/mol. The van der Waals surface area contributed by atoms with Crippen molar-refractivity contribution in [1.82, 2.24) is 30.1 Å². The molecule has 15 nitrogen and oxygen atoms in total. The molecule has 1 aliphatic rings. The van der Waals surface area contributed by atoms with Crippen LogP contribution in [0.1, 0.15) is 108 Å². The summed E-state index contributed by atoms with van der Waals surface area (Å²) in [6.45, 7) is 27.1. The number of esters is 2. The molecule has 2 aromatic heterocycles. The first-order chi connectivity index (χ1) is 23.2. The molecule has 3 heterocycles. The number of ether oxygens (including phenoxy) is 4. The summed E-state index contributed by atoms with van der Waals surface area (Å²) >= 11 is 0. The number of amides is 3. The number of likely N-dealkylation sites (N-methyl/N-ethyl adjacent to an activating group) is 1. The molecule has 0 aromatic carbocycles. The summed E-state index contributed by atoms with van der Waals surface area (Å²) < 4.78 is 19.7. The minimum Gasteiger partial charge on any atom is -0.459 e. The zero-order chi connectivity index (χ0) is 38.7. The highest BCUT2D eigenvalue weighted by Gasteiger charge is 2.31. The minimum absolute atomic E-state index is 0. The lowest BCUT2D eigenvalue weighted by atomic mass is 10.1. The first kappa shape index (κ1) is 51.5. The van der Waals surface area contributed by atoms with E-state index in [0.29, 0.717) is 30.9 Å². The summed E-state index contributed by atoms with van der Waals surface area (Å²) in [5.74, 6) is -0.872. The van der Waals surface area contributed by atoms with E-state index in [1.165, 1.54) is 18.3 Å². The van der Waals surface area contributed by atoms with E-state index in [2.05, 4.69) is 31.6 Å². The van der Waals surface area contributed by atoms with Crippen LogP contribution in [0.25, 0.3) is 0 Å². The van der Waals surface area contributed by atoms with Crippen molar-refractivity contribution in [3.63, 3.8) is 0 Å². The number of nitrogens with zero attached hydrogens (tertiary/aromatic N) is 4. The van der Waals surface area contributed by atoms with Gasteiger partial charge in [0.05, 0.1) is 36.3 Å². The van der Waals surface area contributed by atoms with Gasteiger partial charge >= 0.3 is 24.1 Å². The second-order valence-corrected chi connectivity index (χ2v) is 12.0. The van der Waals surface area contributed by atoms with E-state index in [-0.39, 0.29) is 69.9 Å². The van der Waals surface area contributed by atoms with Crippen molar-refractivity contribution in [2.24, 2.45) is 0 Å². The smallest absolute Gasteiger partial charge is 0.414 e. The van der Waals surface area contributed by atoms with Crippen molar-refractivity contribution in [3.8, 4) is 0 Å². The van der Waals surface area contributed by atoms with Gasteiger partial charge in [-0.25, -0.2) is 24.2 Å². The van der Waals surface area contributed by atoms with E-state index in [4.69, 9.17) is 14.2 Å². The Morgan fingerprint density at radius 3 is 1.79 bits per heavy atom. The van der Waals surface area contributed by atoms with Crippen molar-refractivity contribution in [2.75, 3.05) is 26.7 Å². The second kappa shape index (κ2) is 26.0. The molecule has 0 spiro atoms. The molecule has 0 unspecified atom stereocenters. The fourth-order valence-corrected chi connectivity index (χ4v) is 3.82. The molecule has 0 bridgehead atoms. The molecule has 2 aromatic rings. The van der Waals surface area contributed by atoms with Crippen molar-refractivity contribution < 1.29 is 42.9 Å². The van der Waals surface area contributed by atoms with Crippen molar-refractivity contribution in [3.05, 3.63) is 59.1 Å². The number of imidazole rings is 1. The number of aryl methyl sites for hydroxylation is 3. The fraction of sp³-hybridized carbons (Fsp3) is 0.583. The molecule has 3 radical (unpaired) electrons. The first-order valence-corrected chi connectivity index (χ1v) is 16.4. The Labute approximate surface area is 311 Å². The lowest BCUT2D eigenvalue weighted by molar-refractivity contribution is -0.130. The number of carbonyl (C=O) groups is 5. The molecular weight excluding hydrogens is 671 g/mol. The van der Waals surface area contributed by atoms with E-state index in [1.54, 1.807) is 59.6 Å². The quantitative estimate of drug-likeness (QED) is 0.153. The highest BCUT2D eigenvalue weighted by Crippen LogP contribution is 2.15. The maximum Gasteiger partial charge on any atom is 0.414 e. The number of rotatable bonds is 7. The number of aromatic amines is 1. The summed E-state index contributed by atoms with van der Waals surface area (Å²) in [4.78, 5) is 70.1. The number of pyridine rings is 1. The van der Waals surface area contributed by atoms with Gasteiger partial charge in [0.2, 0.25) is 0 Å². The van der Waals surface area contributed by atoms with Gasteiger partial charge in [-0.3, -0.25) is 14.7 Å². The minimum atomic E-state index is -0.496. The molecule has 0 aliphatic carbocycles. The number of nitrogens with one attached hydrogen (secondary N) is 2. The van der Waals surface area contributed by atoms with Crippen LogP contribution in [-0.4, -0.2) is 114 Å². The lowest BCUT2D eigenvalue weighted by Gasteiger charge is -2.34. The highest BCUT2D eigenvalue weighted by molar-refractivity contribution is 5.96. The number of carbonyl (C=O) groups excluding carboxylic acids is 5. The Morgan fingerprint density at radius 2 is 1.38 bits per heavy atom. The second-order valence-electron chi connectivity index (χ2n) is 12.0. The van der Waals surface area contributed by atoms with Crippen LogP contribution >= 0.6 is 0 Å². The number of hydrogen-bond acceptors (Lipinski definition) is 11. The molecule has 291 valence electrons. The third-order valence-electron chi connectivity index (χ3n) is 6.12. The highest BCUT2D eigenvalue weighted by atomic mass is 16.6. The van der Waals surface area contributed by atoms with Gasteiger partial charge in [-0.1, -0.05) is 14.0 Å². The van der Waals surface area contributed by atoms with Crippen LogP contribution in [0.5, 0.6) is 0 Å². The van der Waals surface area contributed by atoms with Crippen LogP contribution < -0.4 is 5.32 Å². The SMILES string of the molecule is C.C=C1C(=O)N(CC)CCN1C(=O)OC(C)C.CNC(=O)OC(C)C.Cc1[nH]cnc1C(=O)OC(C)C.Cc1cc(C)c(C(=O)OC(C)C)cn1.[B]. The van der Waals surface area contributed by atoms with Crippen LogP contribution in [0.2, 0.25) is 0 Å². The largest absolute Gasteiger partial charge is 0.459 e. The van der Waals surface area contributed by atoms with Crippen molar-refractivity contribution >= 4 is 38.4 Å². The Balaban J connectivity index is -0.000000623. The third kappa shape index (κ3) is 19.5. The van der Waals surface area contributed by atoms with Gasteiger partial charge in [0.15, 0.2) is 5.69 Å². The molecule has 0 saturated carbocycles. The standard InChI is InChI=1S/C11H18N2O3.C11H15NO2.C8H12N2O2.C5H11NO2.CH4.B/c1-5-12-6-7-13(9(4)10(12)14)11(15)16-8(2)3;1-7(2)14-11(13)10-6-12-9(4)5-8(10)3;1-5(2)12-8(11)7-6(3)9-4-10-7;1-4(2)8-5(7)6-3;;/h8H,4-7H2,1-3H3;5-7H,1-4H3;4-5H,1-3H3,(H,9,10);4H,1-3H3,(H,6,7);1H4;. The molecule has 52 heavy (non-hydrogen) atoms. The average Bonchev–Trinajstić information content (AvgIpc) is 3.44. The van der Waals surface area contributed by atoms with Crippen LogP contribution in [0.4, 0.5) is 9.59 Å². The van der Waals surface area contributed by atoms with Crippen LogP contribution in [-0.2, 0) is 23.7 Å². The van der Waals surface area contributed by atoms with Gasteiger partial charge in [0.1, 0.15) is 5.70 Å². The maximum atomic E-state index is 11.7. The monoisotopic (exact) mass is 731 g/mol. The molecule has 1 aliphatic heterocycles. The Bertz CT molecular complexity index is 1430. The van der Waals surface area contributed by atoms with Crippen LogP contribution in [0.15, 0.2) is 30.9 Å². The van der Waals surface area contributed by atoms with Gasteiger partial charge in [-0.05, 0) is 94.7 Å². The van der Waals surface area contributed by atoms with Gasteiger partial charge in [-0.15, -0.1) is 0 Å². The summed E-state index contributed by atoms with van der Waals surface area (Å²) in [5.41, 5.74) is 3.65. The Kier molecular flexibility index (Phi) is 25.7. The Hall–Kier alpha value is -4.89. The van der Waals surface area contributed by atoms with E-state index >= 15 is 0 Å². The zero-order valence-electron chi connectivity index (χ0n) is 32.4. The van der Waals surface area contributed by atoms with E-state index in [1.807, 2.05) is 40.7 Å². The van der Waals surface area contributed by atoms with Crippen LogP contribution in [0.3, 0.4) is 0 Å². The molecule has 2 N–H and O–H groups in total. The van der Waals surface area contributed by atoms with Gasteiger partial charge in [-0.2, -0.15) is 0 Å². The maximum absolute atomic E-state index is 11.7. The van der Waals surface area contributed by atoms with Gasteiger partial charge < -0.3 is 34.1 Å². The summed E-state index contributed by atoms with van der Waals surface area (Å²) in [6.07, 6.45) is 1.75. The number of alkyl carbamates (subject to hydrolysis) is 1. The van der Waals surface area contributed by atoms with Gasteiger partial charge in [0, 0.05) is 52.7 Å². The number of piperazine rings is 1. The number of H-pyrrole nitrogens is 1. The zero-order valence-corrected chi connectivity index (χ0v) is 32.4. The molecular formula is C36H60BN6O9. The number of hydrogen-bond donors (Lipinski definition) is 2.